The van der Waals surface area contributed by atoms with Crippen LogP contribution in [-0.2, 0) is 13.1 Å². The van der Waals surface area contributed by atoms with E-state index in [4.69, 9.17) is 0 Å². The Hall–Kier alpha value is -1.65. The average molecular weight is 347 g/mol. The molecular formula is C17H16BrFN2. The topological polar surface area (TPSA) is 17.0 Å². The van der Waals surface area contributed by atoms with Crippen molar-refractivity contribution in [3.63, 3.8) is 0 Å². The van der Waals surface area contributed by atoms with Crippen LogP contribution in [0.3, 0.4) is 0 Å². The number of hydrogen-bond donors (Lipinski definition) is 1. The summed E-state index contributed by atoms with van der Waals surface area (Å²) in [5.41, 5.74) is 3.05. The van der Waals surface area contributed by atoms with E-state index in [1.54, 1.807) is 0 Å². The van der Waals surface area contributed by atoms with Crippen molar-refractivity contribution >= 4 is 26.8 Å². The lowest BCUT2D eigenvalue weighted by Crippen LogP contribution is -2.04. The number of aromatic nitrogens is 1. The predicted molar refractivity (Wildman–Crippen MR) is 87.9 cm³/mol. The Morgan fingerprint density at radius 2 is 1.95 bits per heavy atom. The first-order valence-corrected chi connectivity index (χ1v) is 7.63. The van der Waals surface area contributed by atoms with Gasteiger partial charge in [-0.3, -0.25) is 0 Å². The molecule has 3 rings (SSSR count). The molecule has 108 valence electrons. The Labute approximate surface area is 131 Å². The summed E-state index contributed by atoms with van der Waals surface area (Å²) >= 11 is 3.29. The zero-order valence-corrected chi connectivity index (χ0v) is 13.3. The molecule has 0 saturated heterocycles. The van der Waals surface area contributed by atoms with Crippen molar-refractivity contribution in [2.75, 3.05) is 7.05 Å². The molecule has 2 nitrogen and oxygen atoms in total. The summed E-state index contributed by atoms with van der Waals surface area (Å²) in [5.74, 6) is -0.183. The lowest BCUT2D eigenvalue weighted by molar-refractivity contribution is 0.601. The first-order chi connectivity index (χ1) is 10.2. The van der Waals surface area contributed by atoms with Crippen LogP contribution in [0.4, 0.5) is 4.39 Å². The number of para-hydroxylation sites is 1. The maximum absolute atomic E-state index is 14.0. The van der Waals surface area contributed by atoms with Gasteiger partial charge in [-0.2, -0.15) is 0 Å². The predicted octanol–water partition coefficient (Wildman–Crippen LogP) is 4.31. The monoisotopic (exact) mass is 346 g/mol. The zero-order valence-electron chi connectivity index (χ0n) is 11.7. The molecule has 3 aromatic rings. The first-order valence-electron chi connectivity index (χ1n) is 6.84. The Morgan fingerprint density at radius 1 is 1.14 bits per heavy atom. The molecule has 0 radical (unpaired) electrons. The highest BCUT2D eigenvalue weighted by Gasteiger charge is 2.10. The summed E-state index contributed by atoms with van der Waals surface area (Å²) < 4.78 is 16.9. The molecule has 1 heterocycles. The highest BCUT2D eigenvalue weighted by atomic mass is 79.9. The summed E-state index contributed by atoms with van der Waals surface area (Å²) in [6, 6.07) is 13.4. The van der Waals surface area contributed by atoms with E-state index in [0.717, 1.165) is 16.5 Å². The van der Waals surface area contributed by atoms with Crippen LogP contribution in [0, 0.1) is 5.82 Å². The second-order valence-corrected chi connectivity index (χ2v) is 5.98. The van der Waals surface area contributed by atoms with E-state index in [-0.39, 0.29) is 5.82 Å². The molecule has 2 aromatic carbocycles. The third-order valence-electron chi connectivity index (χ3n) is 3.59. The fourth-order valence-electron chi connectivity index (χ4n) is 2.62. The normalized spacial score (nSPS) is 11.2. The fourth-order valence-corrected chi connectivity index (χ4v) is 2.95. The minimum Gasteiger partial charge on any atom is -0.343 e. The van der Waals surface area contributed by atoms with Crippen LogP contribution in [0.25, 0.3) is 10.9 Å². The lowest BCUT2D eigenvalue weighted by Gasteiger charge is -2.07. The van der Waals surface area contributed by atoms with E-state index in [1.807, 2.05) is 31.3 Å². The molecule has 0 unspecified atom stereocenters. The van der Waals surface area contributed by atoms with Crippen LogP contribution >= 0.6 is 15.9 Å². The van der Waals surface area contributed by atoms with Gasteiger partial charge in [-0.05, 0) is 30.8 Å². The van der Waals surface area contributed by atoms with Gasteiger partial charge in [-0.25, -0.2) is 4.39 Å². The van der Waals surface area contributed by atoms with E-state index in [0.29, 0.717) is 12.1 Å². The summed E-state index contributed by atoms with van der Waals surface area (Å²) in [6.07, 6.45) is 2.10. The Kier molecular flexibility index (Phi) is 4.08. The standard InChI is InChI=1S/C17H16BrFN2/c1-20-9-13-11-21(17-5-3-2-4-15(13)17)10-12-6-7-14(18)8-16(12)19/h2-8,11,20H,9-10H2,1H3. The second-order valence-electron chi connectivity index (χ2n) is 5.07. The number of fused-ring (bicyclic) bond motifs is 1. The van der Waals surface area contributed by atoms with Gasteiger partial charge in [-0.1, -0.05) is 40.2 Å². The summed E-state index contributed by atoms with van der Waals surface area (Å²) in [6.45, 7) is 1.33. The van der Waals surface area contributed by atoms with Crippen molar-refractivity contribution in [1.29, 1.82) is 0 Å². The summed E-state index contributed by atoms with van der Waals surface area (Å²) in [4.78, 5) is 0. The van der Waals surface area contributed by atoms with Crippen molar-refractivity contribution in [1.82, 2.24) is 9.88 Å². The third kappa shape index (κ3) is 2.87. The smallest absolute Gasteiger partial charge is 0.129 e. The van der Waals surface area contributed by atoms with Crippen molar-refractivity contribution in [2.45, 2.75) is 13.1 Å². The van der Waals surface area contributed by atoms with Crippen LogP contribution in [0.2, 0.25) is 0 Å². The Balaban J connectivity index is 2.04. The summed E-state index contributed by atoms with van der Waals surface area (Å²) in [5, 5.41) is 4.39. The van der Waals surface area contributed by atoms with Gasteiger partial charge in [0.1, 0.15) is 5.82 Å². The van der Waals surface area contributed by atoms with Gasteiger partial charge < -0.3 is 9.88 Å². The highest BCUT2D eigenvalue weighted by Crippen LogP contribution is 2.23. The van der Waals surface area contributed by atoms with Gasteiger partial charge in [-0.15, -0.1) is 0 Å². The van der Waals surface area contributed by atoms with E-state index < -0.39 is 0 Å². The molecule has 0 saturated carbocycles. The van der Waals surface area contributed by atoms with Crippen molar-refractivity contribution < 1.29 is 4.39 Å². The number of nitrogens with zero attached hydrogens (tertiary/aromatic N) is 1. The van der Waals surface area contributed by atoms with Crippen molar-refractivity contribution in [3.05, 3.63) is 70.1 Å². The van der Waals surface area contributed by atoms with Crippen LogP contribution in [0.5, 0.6) is 0 Å². The molecule has 0 atom stereocenters. The van der Waals surface area contributed by atoms with Gasteiger partial charge >= 0.3 is 0 Å². The molecular weight excluding hydrogens is 331 g/mol. The number of rotatable bonds is 4. The molecule has 0 aliphatic rings. The van der Waals surface area contributed by atoms with Gasteiger partial charge in [0, 0.05) is 33.7 Å². The van der Waals surface area contributed by atoms with E-state index in [1.165, 1.54) is 17.0 Å². The molecule has 0 aliphatic carbocycles. The molecule has 0 spiro atoms. The van der Waals surface area contributed by atoms with Crippen LogP contribution in [-0.4, -0.2) is 11.6 Å². The maximum atomic E-state index is 14.0. The zero-order chi connectivity index (χ0) is 14.8. The lowest BCUT2D eigenvalue weighted by atomic mass is 10.2. The van der Waals surface area contributed by atoms with E-state index in [2.05, 4.69) is 44.1 Å². The minimum absolute atomic E-state index is 0.183. The quantitative estimate of drug-likeness (QED) is 0.744. The first kappa shape index (κ1) is 14.3. The minimum atomic E-state index is -0.183. The van der Waals surface area contributed by atoms with Crippen LogP contribution < -0.4 is 5.32 Å². The molecule has 0 amide bonds. The highest BCUT2D eigenvalue weighted by molar-refractivity contribution is 9.10. The van der Waals surface area contributed by atoms with Gasteiger partial charge in [0.15, 0.2) is 0 Å². The largest absolute Gasteiger partial charge is 0.343 e. The molecule has 4 heteroatoms. The van der Waals surface area contributed by atoms with Crippen LogP contribution in [0.15, 0.2) is 53.1 Å². The van der Waals surface area contributed by atoms with Gasteiger partial charge in [0.05, 0.1) is 6.54 Å². The van der Waals surface area contributed by atoms with Crippen molar-refractivity contribution in [3.8, 4) is 0 Å². The molecule has 0 aliphatic heterocycles. The van der Waals surface area contributed by atoms with Gasteiger partial charge in [0.2, 0.25) is 0 Å². The average Bonchev–Trinajstić information content (AvgIpc) is 2.81. The third-order valence-corrected chi connectivity index (χ3v) is 4.09. The summed E-state index contributed by atoms with van der Waals surface area (Å²) in [7, 11) is 1.93. The van der Waals surface area contributed by atoms with E-state index in [9.17, 15) is 4.39 Å². The fraction of sp³-hybridized carbons (Fsp3) is 0.176. The number of hydrogen-bond acceptors (Lipinski definition) is 1. The molecule has 1 aromatic heterocycles. The van der Waals surface area contributed by atoms with E-state index >= 15 is 0 Å². The number of benzene rings is 2. The molecule has 0 fully saturated rings. The van der Waals surface area contributed by atoms with Gasteiger partial charge in [0.25, 0.3) is 0 Å². The Bertz CT molecular complexity index is 780. The van der Waals surface area contributed by atoms with Crippen molar-refractivity contribution in [2.24, 2.45) is 0 Å². The number of halogens is 2. The Morgan fingerprint density at radius 3 is 2.71 bits per heavy atom. The maximum Gasteiger partial charge on any atom is 0.129 e. The molecule has 0 bridgehead atoms. The second kappa shape index (κ2) is 6.00. The molecule has 21 heavy (non-hydrogen) atoms. The molecule has 1 N–H and O–H groups in total. The SMILES string of the molecule is CNCc1cn(Cc2ccc(Br)cc2F)c2ccccc12. The van der Waals surface area contributed by atoms with Crippen LogP contribution in [0.1, 0.15) is 11.1 Å². The number of nitrogens with one attached hydrogen (secondary N) is 1.